The van der Waals surface area contributed by atoms with Crippen LogP contribution in [-0.4, -0.2) is 30.6 Å². The smallest absolute Gasteiger partial charge is 0.0683 e. The van der Waals surface area contributed by atoms with Crippen molar-refractivity contribution in [3.05, 3.63) is 0 Å². The normalized spacial score (nSPS) is 21.9. The number of nitrogens with two attached hydrogens (primary N) is 1. The van der Waals surface area contributed by atoms with Crippen molar-refractivity contribution >= 4 is 0 Å². The summed E-state index contributed by atoms with van der Waals surface area (Å²) in [6.07, 6.45) is 8.00. The van der Waals surface area contributed by atoms with E-state index >= 15 is 0 Å². The van der Waals surface area contributed by atoms with Gasteiger partial charge in [0, 0.05) is 12.6 Å². The van der Waals surface area contributed by atoms with Crippen molar-refractivity contribution in [3.8, 4) is 12.3 Å². The van der Waals surface area contributed by atoms with Crippen molar-refractivity contribution in [3.63, 3.8) is 0 Å². The molecule has 0 aliphatic heterocycles. The second-order valence-corrected chi connectivity index (χ2v) is 3.65. The summed E-state index contributed by atoms with van der Waals surface area (Å²) in [6.45, 7) is 2.78. The molecule has 0 radical (unpaired) electrons. The Bertz CT molecular complexity index is 179. The molecule has 2 unspecified atom stereocenters. The highest BCUT2D eigenvalue weighted by Crippen LogP contribution is 2.34. The van der Waals surface area contributed by atoms with Gasteiger partial charge >= 0.3 is 0 Å². The number of likely N-dealkylation sites (N-methyl/N-ethyl adjacent to an activating group) is 1. The van der Waals surface area contributed by atoms with Crippen LogP contribution in [0, 0.1) is 18.3 Å². The SMILES string of the molecule is C#CC(C)N(C)C(CN)C1CC1. The van der Waals surface area contributed by atoms with Crippen LogP contribution in [0.25, 0.3) is 0 Å². The first-order valence-electron chi connectivity index (χ1n) is 4.58. The van der Waals surface area contributed by atoms with Crippen molar-refractivity contribution < 1.29 is 0 Å². The first kappa shape index (κ1) is 9.57. The Morgan fingerprint density at radius 3 is 2.58 bits per heavy atom. The molecule has 0 spiro atoms. The van der Waals surface area contributed by atoms with Crippen molar-refractivity contribution in [2.45, 2.75) is 31.8 Å². The lowest BCUT2D eigenvalue weighted by Crippen LogP contribution is -2.43. The minimum atomic E-state index is 0.208. The van der Waals surface area contributed by atoms with E-state index < -0.39 is 0 Å². The zero-order valence-corrected chi connectivity index (χ0v) is 7.96. The summed E-state index contributed by atoms with van der Waals surface area (Å²) in [6, 6.07) is 0.704. The van der Waals surface area contributed by atoms with Crippen molar-refractivity contribution in [1.29, 1.82) is 0 Å². The third kappa shape index (κ3) is 2.00. The number of terminal acetylenes is 1. The first-order chi connectivity index (χ1) is 5.70. The van der Waals surface area contributed by atoms with Crippen LogP contribution in [0.15, 0.2) is 0 Å². The molecule has 1 fully saturated rings. The molecule has 2 atom stereocenters. The van der Waals surface area contributed by atoms with Gasteiger partial charge in [0.1, 0.15) is 0 Å². The van der Waals surface area contributed by atoms with E-state index in [0.29, 0.717) is 6.04 Å². The van der Waals surface area contributed by atoms with Gasteiger partial charge in [-0.05, 0) is 32.7 Å². The molecule has 0 aromatic rings. The van der Waals surface area contributed by atoms with Gasteiger partial charge in [-0.25, -0.2) is 0 Å². The molecule has 1 rings (SSSR count). The minimum Gasteiger partial charge on any atom is -0.329 e. The maximum absolute atomic E-state index is 5.70. The van der Waals surface area contributed by atoms with Gasteiger partial charge in [0.25, 0.3) is 0 Å². The van der Waals surface area contributed by atoms with E-state index in [2.05, 4.69) is 17.9 Å². The summed E-state index contributed by atoms with van der Waals surface area (Å²) in [5.74, 6) is 3.53. The molecule has 2 N–H and O–H groups in total. The standard InChI is InChI=1S/C10H18N2/c1-4-8(2)12(3)10(7-11)9-5-6-9/h1,8-10H,5-7,11H2,2-3H3. The van der Waals surface area contributed by atoms with E-state index in [0.717, 1.165) is 12.5 Å². The van der Waals surface area contributed by atoms with E-state index in [-0.39, 0.29) is 6.04 Å². The second-order valence-electron chi connectivity index (χ2n) is 3.65. The quantitative estimate of drug-likeness (QED) is 0.622. The topological polar surface area (TPSA) is 29.3 Å². The van der Waals surface area contributed by atoms with E-state index in [1.54, 1.807) is 0 Å². The molecule has 0 saturated heterocycles. The van der Waals surface area contributed by atoms with Gasteiger partial charge in [-0.3, -0.25) is 4.90 Å². The van der Waals surface area contributed by atoms with Gasteiger partial charge < -0.3 is 5.73 Å². The Balaban J connectivity index is 2.47. The van der Waals surface area contributed by atoms with Gasteiger partial charge in [0.2, 0.25) is 0 Å². The average Bonchev–Trinajstić information content (AvgIpc) is 2.88. The zero-order valence-electron chi connectivity index (χ0n) is 7.96. The van der Waals surface area contributed by atoms with Crippen molar-refractivity contribution in [2.24, 2.45) is 11.7 Å². The minimum absolute atomic E-state index is 0.208. The highest BCUT2D eigenvalue weighted by molar-refractivity contribution is 5.00. The van der Waals surface area contributed by atoms with Gasteiger partial charge in [0.15, 0.2) is 0 Å². The van der Waals surface area contributed by atoms with Gasteiger partial charge in [-0.15, -0.1) is 6.42 Å². The fraction of sp³-hybridized carbons (Fsp3) is 0.800. The van der Waals surface area contributed by atoms with Crippen LogP contribution in [0.4, 0.5) is 0 Å². The number of nitrogens with zero attached hydrogens (tertiary/aromatic N) is 1. The third-order valence-electron chi connectivity index (χ3n) is 2.78. The molecule has 2 nitrogen and oxygen atoms in total. The van der Waals surface area contributed by atoms with Crippen molar-refractivity contribution in [1.82, 2.24) is 4.90 Å². The van der Waals surface area contributed by atoms with Gasteiger partial charge in [0.05, 0.1) is 6.04 Å². The number of hydrogen-bond acceptors (Lipinski definition) is 2. The Kier molecular flexibility index (Phi) is 3.13. The first-order valence-corrected chi connectivity index (χ1v) is 4.58. The fourth-order valence-corrected chi connectivity index (χ4v) is 1.58. The zero-order chi connectivity index (χ0) is 9.14. The van der Waals surface area contributed by atoms with E-state index in [1.807, 2.05) is 6.92 Å². The molecule has 68 valence electrons. The molecule has 0 amide bonds. The monoisotopic (exact) mass is 166 g/mol. The summed E-state index contributed by atoms with van der Waals surface area (Å²) in [4.78, 5) is 2.22. The van der Waals surface area contributed by atoms with Crippen LogP contribution in [-0.2, 0) is 0 Å². The van der Waals surface area contributed by atoms with E-state index in [9.17, 15) is 0 Å². The van der Waals surface area contributed by atoms with Crippen LogP contribution in [0.5, 0.6) is 0 Å². The molecular weight excluding hydrogens is 148 g/mol. The van der Waals surface area contributed by atoms with Crippen LogP contribution in [0.2, 0.25) is 0 Å². The summed E-state index contributed by atoms with van der Waals surface area (Å²) < 4.78 is 0. The Labute approximate surface area is 75.1 Å². The maximum Gasteiger partial charge on any atom is 0.0683 e. The summed E-state index contributed by atoms with van der Waals surface area (Å²) >= 11 is 0. The summed E-state index contributed by atoms with van der Waals surface area (Å²) in [5.41, 5.74) is 5.70. The molecule has 2 heteroatoms. The van der Waals surface area contributed by atoms with Crippen LogP contribution >= 0.6 is 0 Å². The van der Waals surface area contributed by atoms with E-state index in [1.165, 1.54) is 12.8 Å². The average molecular weight is 166 g/mol. The molecule has 1 saturated carbocycles. The van der Waals surface area contributed by atoms with Crippen LogP contribution in [0.1, 0.15) is 19.8 Å². The van der Waals surface area contributed by atoms with Crippen molar-refractivity contribution in [2.75, 3.05) is 13.6 Å². The van der Waals surface area contributed by atoms with Gasteiger partial charge in [-0.2, -0.15) is 0 Å². The lowest BCUT2D eigenvalue weighted by Gasteiger charge is -2.29. The summed E-state index contributed by atoms with van der Waals surface area (Å²) in [5, 5.41) is 0. The van der Waals surface area contributed by atoms with Crippen LogP contribution in [0.3, 0.4) is 0 Å². The predicted molar refractivity (Wildman–Crippen MR) is 51.6 cm³/mol. The lowest BCUT2D eigenvalue weighted by molar-refractivity contribution is 0.201. The largest absolute Gasteiger partial charge is 0.329 e. The number of hydrogen-bond donors (Lipinski definition) is 1. The van der Waals surface area contributed by atoms with Gasteiger partial charge in [-0.1, -0.05) is 5.92 Å². The fourth-order valence-electron chi connectivity index (χ4n) is 1.58. The Morgan fingerprint density at radius 1 is 1.67 bits per heavy atom. The number of rotatable bonds is 4. The summed E-state index contributed by atoms with van der Waals surface area (Å²) in [7, 11) is 2.07. The Hall–Kier alpha value is -0.520. The molecular formula is C10H18N2. The molecule has 0 bridgehead atoms. The molecule has 0 aromatic heterocycles. The molecule has 0 heterocycles. The Morgan fingerprint density at radius 2 is 2.25 bits per heavy atom. The molecule has 0 aromatic carbocycles. The molecule has 12 heavy (non-hydrogen) atoms. The van der Waals surface area contributed by atoms with Crippen LogP contribution < -0.4 is 5.73 Å². The third-order valence-corrected chi connectivity index (χ3v) is 2.78. The maximum atomic E-state index is 5.70. The van der Waals surface area contributed by atoms with E-state index in [4.69, 9.17) is 12.2 Å². The molecule has 1 aliphatic rings. The highest BCUT2D eigenvalue weighted by atomic mass is 15.2. The lowest BCUT2D eigenvalue weighted by atomic mass is 10.1. The predicted octanol–water partition coefficient (Wildman–Crippen LogP) is 0.677. The highest BCUT2D eigenvalue weighted by Gasteiger charge is 2.33. The molecule has 1 aliphatic carbocycles. The second kappa shape index (κ2) is 3.93.